The molecule has 1 aromatic rings. The van der Waals surface area contributed by atoms with E-state index in [1.165, 1.54) is 24.1 Å². The number of hydrogen-bond acceptors (Lipinski definition) is 1. The topological polar surface area (TPSA) is 3.24 Å². The molecule has 0 aliphatic rings. The minimum Gasteiger partial charge on any atom is -0.302 e. The SMILES string of the molecule is CC.CCCN(C)Cc1ccccc1C. The molecule has 0 atom stereocenters. The predicted octanol–water partition coefficient (Wildman–Crippen LogP) is 3.86. The lowest BCUT2D eigenvalue weighted by Crippen LogP contribution is -2.18. The fourth-order valence-corrected chi connectivity index (χ4v) is 1.54. The molecule has 15 heavy (non-hydrogen) atoms. The average molecular weight is 207 g/mol. The molecule has 0 saturated heterocycles. The van der Waals surface area contributed by atoms with Gasteiger partial charge in [0.05, 0.1) is 0 Å². The Bertz CT molecular complexity index is 255. The normalized spacial score (nSPS) is 9.73. The van der Waals surface area contributed by atoms with Crippen molar-refractivity contribution < 1.29 is 0 Å². The molecule has 0 aliphatic heterocycles. The lowest BCUT2D eigenvalue weighted by atomic mass is 10.1. The Hall–Kier alpha value is -0.820. The molecule has 0 spiro atoms. The van der Waals surface area contributed by atoms with Gasteiger partial charge in [0.15, 0.2) is 0 Å². The Morgan fingerprint density at radius 2 is 1.73 bits per heavy atom. The summed E-state index contributed by atoms with van der Waals surface area (Å²) in [4.78, 5) is 2.36. The maximum atomic E-state index is 2.36. The fraction of sp³-hybridized carbons (Fsp3) is 0.571. The van der Waals surface area contributed by atoms with Crippen molar-refractivity contribution in [1.29, 1.82) is 0 Å². The maximum absolute atomic E-state index is 2.36. The second-order valence-corrected chi connectivity index (χ2v) is 3.66. The van der Waals surface area contributed by atoms with Gasteiger partial charge in [0.25, 0.3) is 0 Å². The van der Waals surface area contributed by atoms with Crippen molar-refractivity contribution in [2.45, 2.75) is 40.7 Å². The van der Waals surface area contributed by atoms with Crippen LogP contribution >= 0.6 is 0 Å². The second-order valence-electron chi connectivity index (χ2n) is 3.66. The van der Waals surface area contributed by atoms with Crippen LogP contribution in [0.5, 0.6) is 0 Å². The molecule has 0 amide bonds. The van der Waals surface area contributed by atoms with Crippen LogP contribution in [-0.4, -0.2) is 18.5 Å². The van der Waals surface area contributed by atoms with E-state index in [1.807, 2.05) is 13.8 Å². The quantitative estimate of drug-likeness (QED) is 0.724. The third kappa shape index (κ3) is 5.58. The van der Waals surface area contributed by atoms with E-state index in [9.17, 15) is 0 Å². The summed E-state index contributed by atoms with van der Waals surface area (Å²) >= 11 is 0. The molecular formula is C14H25N. The van der Waals surface area contributed by atoms with E-state index in [0.717, 1.165) is 6.54 Å². The summed E-state index contributed by atoms with van der Waals surface area (Å²) in [7, 11) is 2.18. The lowest BCUT2D eigenvalue weighted by Gasteiger charge is -2.16. The Morgan fingerprint density at radius 3 is 2.27 bits per heavy atom. The zero-order valence-corrected chi connectivity index (χ0v) is 10.9. The fourth-order valence-electron chi connectivity index (χ4n) is 1.54. The molecule has 0 fully saturated rings. The number of rotatable bonds is 4. The summed E-state index contributed by atoms with van der Waals surface area (Å²) < 4.78 is 0. The van der Waals surface area contributed by atoms with Crippen LogP contribution in [0.25, 0.3) is 0 Å². The average Bonchev–Trinajstić information content (AvgIpc) is 2.25. The highest BCUT2D eigenvalue weighted by Gasteiger charge is 2.00. The van der Waals surface area contributed by atoms with Crippen molar-refractivity contribution >= 4 is 0 Å². The predicted molar refractivity (Wildman–Crippen MR) is 69.2 cm³/mol. The zero-order valence-electron chi connectivity index (χ0n) is 10.9. The first kappa shape index (κ1) is 14.2. The van der Waals surface area contributed by atoms with Gasteiger partial charge in [-0.2, -0.15) is 0 Å². The number of nitrogens with zero attached hydrogens (tertiary/aromatic N) is 1. The van der Waals surface area contributed by atoms with Crippen LogP contribution in [0.4, 0.5) is 0 Å². The summed E-state index contributed by atoms with van der Waals surface area (Å²) in [6.07, 6.45) is 1.22. The Balaban J connectivity index is 0.000000921. The van der Waals surface area contributed by atoms with E-state index < -0.39 is 0 Å². The van der Waals surface area contributed by atoms with E-state index in [-0.39, 0.29) is 0 Å². The molecular weight excluding hydrogens is 182 g/mol. The van der Waals surface area contributed by atoms with Gasteiger partial charge in [-0.1, -0.05) is 45.0 Å². The van der Waals surface area contributed by atoms with Gasteiger partial charge in [-0.15, -0.1) is 0 Å². The van der Waals surface area contributed by atoms with Gasteiger partial charge in [0.2, 0.25) is 0 Å². The molecule has 86 valence electrons. The van der Waals surface area contributed by atoms with Crippen LogP contribution in [0.15, 0.2) is 24.3 Å². The molecule has 1 aromatic carbocycles. The largest absolute Gasteiger partial charge is 0.302 e. The minimum absolute atomic E-state index is 1.07. The van der Waals surface area contributed by atoms with Crippen LogP contribution in [-0.2, 0) is 6.54 Å². The molecule has 0 saturated carbocycles. The third-order valence-electron chi connectivity index (χ3n) is 2.31. The molecule has 1 rings (SSSR count). The molecule has 0 aromatic heterocycles. The summed E-state index contributed by atoms with van der Waals surface area (Å²) in [6.45, 7) is 10.6. The molecule has 1 heteroatoms. The highest BCUT2D eigenvalue weighted by molar-refractivity contribution is 5.25. The Labute approximate surface area is 95.1 Å². The second kappa shape index (κ2) is 8.49. The standard InChI is InChI=1S/C12H19N.C2H6/c1-4-9-13(3)10-12-8-6-5-7-11(12)2;1-2/h5-8H,4,9-10H2,1-3H3;1-2H3. The van der Waals surface area contributed by atoms with Gasteiger partial charge in [-0.25, -0.2) is 0 Å². The van der Waals surface area contributed by atoms with Gasteiger partial charge in [-0.05, 0) is 38.1 Å². The first-order chi connectivity index (χ1) is 7.24. The number of benzene rings is 1. The molecule has 0 aliphatic carbocycles. The molecule has 1 nitrogen and oxygen atoms in total. The lowest BCUT2D eigenvalue weighted by molar-refractivity contribution is 0.327. The third-order valence-corrected chi connectivity index (χ3v) is 2.31. The Morgan fingerprint density at radius 1 is 1.13 bits per heavy atom. The van der Waals surface area contributed by atoms with Gasteiger partial charge in [-0.3, -0.25) is 0 Å². The minimum atomic E-state index is 1.07. The molecule has 0 radical (unpaired) electrons. The number of aryl methyl sites for hydroxylation is 1. The Kier molecular flexibility index (Phi) is 8.02. The molecule has 0 unspecified atom stereocenters. The van der Waals surface area contributed by atoms with Gasteiger partial charge >= 0.3 is 0 Å². The monoisotopic (exact) mass is 207 g/mol. The summed E-state index contributed by atoms with van der Waals surface area (Å²) in [5.74, 6) is 0. The van der Waals surface area contributed by atoms with Crippen LogP contribution in [0, 0.1) is 6.92 Å². The molecule has 0 N–H and O–H groups in total. The first-order valence-corrected chi connectivity index (χ1v) is 5.97. The first-order valence-electron chi connectivity index (χ1n) is 5.97. The van der Waals surface area contributed by atoms with Crippen molar-refractivity contribution in [3.8, 4) is 0 Å². The number of hydrogen-bond donors (Lipinski definition) is 0. The van der Waals surface area contributed by atoms with Crippen molar-refractivity contribution in [3.63, 3.8) is 0 Å². The van der Waals surface area contributed by atoms with Crippen molar-refractivity contribution in [2.24, 2.45) is 0 Å². The summed E-state index contributed by atoms with van der Waals surface area (Å²) in [5.41, 5.74) is 2.84. The van der Waals surface area contributed by atoms with E-state index >= 15 is 0 Å². The molecule has 0 bridgehead atoms. The van der Waals surface area contributed by atoms with Crippen molar-refractivity contribution in [3.05, 3.63) is 35.4 Å². The molecule has 0 heterocycles. The van der Waals surface area contributed by atoms with Crippen LogP contribution < -0.4 is 0 Å². The van der Waals surface area contributed by atoms with Gasteiger partial charge in [0.1, 0.15) is 0 Å². The zero-order chi connectivity index (χ0) is 11.7. The summed E-state index contributed by atoms with van der Waals surface area (Å²) in [5, 5.41) is 0. The van der Waals surface area contributed by atoms with Crippen LogP contribution in [0.3, 0.4) is 0 Å². The van der Waals surface area contributed by atoms with Crippen LogP contribution in [0.1, 0.15) is 38.3 Å². The van der Waals surface area contributed by atoms with E-state index in [0.29, 0.717) is 0 Å². The highest BCUT2D eigenvalue weighted by Crippen LogP contribution is 2.09. The highest BCUT2D eigenvalue weighted by atomic mass is 15.1. The maximum Gasteiger partial charge on any atom is 0.0233 e. The van der Waals surface area contributed by atoms with Crippen molar-refractivity contribution in [1.82, 2.24) is 4.90 Å². The van der Waals surface area contributed by atoms with Gasteiger partial charge < -0.3 is 4.90 Å². The smallest absolute Gasteiger partial charge is 0.0233 e. The van der Waals surface area contributed by atoms with E-state index in [1.54, 1.807) is 0 Å². The van der Waals surface area contributed by atoms with E-state index in [4.69, 9.17) is 0 Å². The van der Waals surface area contributed by atoms with Gasteiger partial charge in [0, 0.05) is 6.54 Å². The summed E-state index contributed by atoms with van der Waals surface area (Å²) in [6, 6.07) is 8.59. The van der Waals surface area contributed by atoms with E-state index in [2.05, 4.69) is 50.1 Å². The van der Waals surface area contributed by atoms with Crippen LogP contribution in [0.2, 0.25) is 0 Å². The van der Waals surface area contributed by atoms with Crippen molar-refractivity contribution in [2.75, 3.05) is 13.6 Å².